The Balaban J connectivity index is 3.23. The van der Waals surface area contributed by atoms with Crippen LogP contribution in [0.15, 0.2) is 12.1 Å². The number of hydrogen-bond acceptors (Lipinski definition) is 1. The van der Waals surface area contributed by atoms with Gasteiger partial charge in [0.15, 0.2) is 0 Å². The molecule has 9 heteroatoms. The first-order valence-electron chi connectivity index (χ1n) is 4.80. The summed E-state index contributed by atoms with van der Waals surface area (Å²) in [5, 5.41) is -0.928. The van der Waals surface area contributed by atoms with Gasteiger partial charge < -0.3 is 5.73 Å². The third-order valence-electron chi connectivity index (χ3n) is 2.23. The Morgan fingerprint density at radius 2 is 1.63 bits per heavy atom. The number of rotatable bonds is 2. The molecule has 1 aromatic carbocycles. The molecule has 108 valence electrons. The van der Waals surface area contributed by atoms with E-state index in [-0.39, 0.29) is 6.07 Å². The molecule has 1 rings (SSSR count). The van der Waals surface area contributed by atoms with Gasteiger partial charge in [0.05, 0.1) is 17.0 Å². The topological polar surface area (TPSA) is 26.0 Å². The average molecular weight is 310 g/mol. The van der Waals surface area contributed by atoms with E-state index < -0.39 is 46.8 Å². The smallest absolute Gasteiger partial charge is 0.324 e. The zero-order chi connectivity index (χ0) is 15.0. The highest BCUT2D eigenvalue weighted by Gasteiger charge is 2.36. The zero-order valence-corrected chi connectivity index (χ0v) is 9.80. The molecular formula is C10H7ClF7N. The quantitative estimate of drug-likeness (QED) is 0.803. The highest BCUT2D eigenvalue weighted by molar-refractivity contribution is 6.30. The maximum atomic E-state index is 13.4. The van der Waals surface area contributed by atoms with Crippen LogP contribution in [0, 0.1) is 5.82 Å². The molecule has 1 atom stereocenters. The molecule has 0 unspecified atom stereocenters. The van der Waals surface area contributed by atoms with Crippen LogP contribution >= 0.6 is 11.6 Å². The Morgan fingerprint density at radius 1 is 1.11 bits per heavy atom. The first kappa shape index (κ1) is 16.0. The molecule has 2 N–H and O–H groups in total. The van der Waals surface area contributed by atoms with Crippen LogP contribution in [-0.4, -0.2) is 6.18 Å². The number of halogens is 8. The first-order valence-corrected chi connectivity index (χ1v) is 5.18. The fraction of sp³-hybridized carbons (Fsp3) is 0.400. The lowest BCUT2D eigenvalue weighted by atomic mass is 10.0. The molecule has 0 bridgehead atoms. The van der Waals surface area contributed by atoms with Gasteiger partial charge in [0.2, 0.25) is 0 Å². The van der Waals surface area contributed by atoms with Crippen molar-refractivity contribution in [3.05, 3.63) is 34.1 Å². The van der Waals surface area contributed by atoms with Gasteiger partial charge in [-0.1, -0.05) is 11.6 Å². The normalized spacial score (nSPS) is 14.6. The third-order valence-corrected chi connectivity index (χ3v) is 2.51. The lowest BCUT2D eigenvalue weighted by molar-refractivity contribution is -0.138. The van der Waals surface area contributed by atoms with Gasteiger partial charge in [-0.15, -0.1) is 0 Å². The van der Waals surface area contributed by atoms with Gasteiger partial charge in [-0.2, -0.15) is 26.3 Å². The minimum Gasteiger partial charge on any atom is -0.324 e. The molecule has 0 spiro atoms. The van der Waals surface area contributed by atoms with Crippen LogP contribution in [0.5, 0.6) is 0 Å². The summed E-state index contributed by atoms with van der Waals surface area (Å²) in [4.78, 5) is 0. The fourth-order valence-electron chi connectivity index (χ4n) is 1.40. The fourth-order valence-corrected chi connectivity index (χ4v) is 1.63. The van der Waals surface area contributed by atoms with Gasteiger partial charge in [0.1, 0.15) is 5.82 Å². The molecule has 0 saturated heterocycles. The van der Waals surface area contributed by atoms with Gasteiger partial charge >= 0.3 is 12.4 Å². The number of alkyl halides is 6. The second kappa shape index (κ2) is 5.16. The van der Waals surface area contributed by atoms with Crippen molar-refractivity contribution >= 4 is 11.6 Å². The van der Waals surface area contributed by atoms with Crippen molar-refractivity contribution in [2.75, 3.05) is 0 Å². The van der Waals surface area contributed by atoms with Crippen LogP contribution in [0.3, 0.4) is 0 Å². The van der Waals surface area contributed by atoms with Crippen LogP contribution in [0.25, 0.3) is 0 Å². The van der Waals surface area contributed by atoms with Crippen LogP contribution in [0.1, 0.15) is 23.6 Å². The second-order valence-electron chi connectivity index (χ2n) is 3.78. The number of nitrogens with two attached hydrogens (primary N) is 1. The van der Waals surface area contributed by atoms with Gasteiger partial charge in [-0.05, 0) is 12.1 Å². The zero-order valence-electron chi connectivity index (χ0n) is 9.04. The van der Waals surface area contributed by atoms with Crippen molar-refractivity contribution in [2.24, 2.45) is 5.73 Å². The molecule has 1 nitrogen and oxygen atoms in total. The number of hydrogen-bond donors (Lipinski definition) is 1. The SMILES string of the molecule is N[C@H](CC(F)(F)F)c1cc(C(F)(F)F)cc(Cl)c1F. The molecule has 0 aromatic heterocycles. The second-order valence-corrected chi connectivity index (χ2v) is 4.19. The van der Waals surface area contributed by atoms with Crippen molar-refractivity contribution < 1.29 is 30.7 Å². The van der Waals surface area contributed by atoms with E-state index in [2.05, 4.69) is 0 Å². The lowest BCUT2D eigenvalue weighted by Gasteiger charge is -2.17. The molecule has 0 fully saturated rings. The summed E-state index contributed by atoms with van der Waals surface area (Å²) in [5.74, 6) is -1.38. The predicted molar refractivity (Wildman–Crippen MR) is 54.0 cm³/mol. The molecule has 0 aliphatic rings. The van der Waals surface area contributed by atoms with E-state index in [4.69, 9.17) is 17.3 Å². The van der Waals surface area contributed by atoms with Gasteiger partial charge in [0.25, 0.3) is 0 Å². The highest BCUT2D eigenvalue weighted by atomic mass is 35.5. The summed E-state index contributed by atoms with van der Waals surface area (Å²) in [7, 11) is 0. The predicted octanol–water partition coefficient (Wildman–Crippen LogP) is 4.45. The number of benzene rings is 1. The van der Waals surface area contributed by atoms with Gasteiger partial charge in [0, 0.05) is 11.6 Å². The van der Waals surface area contributed by atoms with Crippen LogP contribution < -0.4 is 5.73 Å². The van der Waals surface area contributed by atoms with Crippen molar-refractivity contribution in [3.63, 3.8) is 0 Å². The summed E-state index contributed by atoms with van der Waals surface area (Å²) >= 11 is 5.23. The van der Waals surface area contributed by atoms with Crippen LogP contribution in [-0.2, 0) is 6.18 Å². The highest BCUT2D eigenvalue weighted by Crippen LogP contribution is 2.37. The summed E-state index contributed by atoms with van der Waals surface area (Å²) in [6, 6.07) is -1.43. The van der Waals surface area contributed by atoms with Crippen molar-refractivity contribution in [2.45, 2.75) is 24.8 Å². The van der Waals surface area contributed by atoms with Crippen LogP contribution in [0.2, 0.25) is 5.02 Å². The van der Waals surface area contributed by atoms with E-state index in [1.54, 1.807) is 0 Å². The molecule has 19 heavy (non-hydrogen) atoms. The molecule has 1 aromatic rings. The van der Waals surface area contributed by atoms with Gasteiger partial charge in [-0.25, -0.2) is 4.39 Å². The summed E-state index contributed by atoms with van der Waals surface area (Å²) < 4.78 is 87.1. The molecule has 0 aliphatic heterocycles. The Bertz CT molecular complexity index is 466. The van der Waals surface area contributed by atoms with E-state index in [1.807, 2.05) is 0 Å². The standard InChI is InChI=1S/C10H7ClF7N/c11-6-2-4(10(16,17)18)1-5(8(6)12)7(19)3-9(13,14)15/h1-2,7H,3,19H2/t7-/m1/s1. The third kappa shape index (κ3) is 4.24. The first-order chi connectivity index (χ1) is 8.42. The van der Waals surface area contributed by atoms with Crippen molar-refractivity contribution in [3.8, 4) is 0 Å². The molecule has 0 amide bonds. The Morgan fingerprint density at radius 3 is 2.05 bits per heavy atom. The largest absolute Gasteiger partial charge is 0.416 e. The maximum Gasteiger partial charge on any atom is 0.416 e. The Hall–Kier alpha value is -1.02. The Labute approximate surface area is 108 Å². The van der Waals surface area contributed by atoms with Gasteiger partial charge in [-0.3, -0.25) is 0 Å². The van der Waals surface area contributed by atoms with E-state index in [0.717, 1.165) is 0 Å². The minimum atomic E-state index is -4.86. The van der Waals surface area contributed by atoms with E-state index in [1.165, 1.54) is 0 Å². The van der Waals surface area contributed by atoms with E-state index in [9.17, 15) is 30.7 Å². The van der Waals surface area contributed by atoms with Crippen LogP contribution in [0.4, 0.5) is 30.7 Å². The maximum absolute atomic E-state index is 13.4. The molecule has 0 aliphatic carbocycles. The minimum absolute atomic E-state index is 0.234. The summed E-state index contributed by atoms with van der Waals surface area (Å²) in [5.41, 5.74) is 2.80. The average Bonchev–Trinajstić information content (AvgIpc) is 2.17. The van der Waals surface area contributed by atoms with E-state index in [0.29, 0.717) is 6.07 Å². The van der Waals surface area contributed by atoms with Crippen molar-refractivity contribution in [1.82, 2.24) is 0 Å². The molecular weight excluding hydrogens is 303 g/mol. The molecule has 0 heterocycles. The summed E-state index contributed by atoms with van der Waals surface area (Å²) in [6.07, 6.45) is -11.2. The lowest BCUT2D eigenvalue weighted by Crippen LogP contribution is -2.22. The van der Waals surface area contributed by atoms with E-state index >= 15 is 0 Å². The Kier molecular flexibility index (Phi) is 4.36. The summed E-state index contributed by atoms with van der Waals surface area (Å²) in [6.45, 7) is 0. The molecule has 0 saturated carbocycles. The molecule has 0 radical (unpaired) electrons. The monoisotopic (exact) mass is 309 g/mol. The van der Waals surface area contributed by atoms with Crippen molar-refractivity contribution in [1.29, 1.82) is 0 Å².